The van der Waals surface area contributed by atoms with Crippen molar-refractivity contribution in [2.75, 3.05) is 19.7 Å². The largest absolute Gasteiger partial charge is 0.396 e. The molecule has 26 heavy (non-hydrogen) atoms. The summed E-state index contributed by atoms with van der Waals surface area (Å²) in [6, 6.07) is 14.8. The van der Waals surface area contributed by atoms with Crippen molar-refractivity contribution in [2.45, 2.75) is 39.7 Å². The van der Waals surface area contributed by atoms with E-state index in [2.05, 4.69) is 66.9 Å². The van der Waals surface area contributed by atoms with E-state index >= 15 is 0 Å². The van der Waals surface area contributed by atoms with Crippen LogP contribution >= 0.6 is 24.0 Å². The van der Waals surface area contributed by atoms with Gasteiger partial charge in [-0.2, -0.15) is 0 Å². The average molecular weight is 469 g/mol. The van der Waals surface area contributed by atoms with Crippen molar-refractivity contribution in [3.8, 4) is 0 Å². The van der Waals surface area contributed by atoms with E-state index in [-0.39, 0.29) is 30.6 Å². The molecule has 2 rings (SSSR count). The Morgan fingerprint density at radius 3 is 2.54 bits per heavy atom. The number of hydrogen-bond acceptors (Lipinski definition) is 2. The third kappa shape index (κ3) is 7.11. The van der Waals surface area contributed by atoms with E-state index in [1.807, 2.05) is 0 Å². The van der Waals surface area contributed by atoms with Crippen molar-refractivity contribution < 1.29 is 5.11 Å². The Bertz CT molecular complexity index is 664. The molecule has 0 aliphatic heterocycles. The minimum Gasteiger partial charge on any atom is -0.396 e. The number of aliphatic hydroxyl groups is 1. The normalized spacial score (nSPS) is 12.5. The van der Waals surface area contributed by atoms with E-state index in [0.29, 0.717) is 12.5 Å². The molecule has 2 aromatic rings. The average Bonchev–Trinajstić information content (AvgIpc) is 2.64. The monoisotopic (exact) mass is 469 g/mol. The topological polar surface area (TPSA) is 56.6 Å². The lowest BCUT2D eigenvalue weighted by atomic mass is 10.0. The highest BCUT2D eigenvalue weighted by Crippen LogP contribution is 2.19. The summed E-state index contributed by atoms with van der Waals surface area (Å²) in [5.41, 5.74) is 1.23. The second kappa shape index (κ2) is 12.9. The first kappa shape index (κ1) is 22.7. The van der Waals surface area contributed by atoms with Crippen molar-refractivity contribution in [3.63, 3.8) is 0 Å². The molecular formula is C21H32IN3O. The molecule has 0 amide bonds. The fraction of sp³-hybridized carbons (Fsp3) is 0.476. The maximum atomic E-state index is 9.21. The predicted molar refractivity (Wildman–Crippen MR) is 122 cm³/mol. The second-order valence-electron chi connectivity index (χ2n) is 6.38. The van der Waals surface area contributed by atoms with E-state index in [0.717, 1.165) is 38.3 Å². The highest BCUT2D eigenvalue weighted by atomic mass is 127. The molecular weight excluding hydrogens is 437 g/mol. The summed E-state index contributed by atoms with van der Waals surface area (Å²) >= 11 is 0. The van der Waals surface area contributed by atoms with Gasteiger partial charge in [0.1, 0.15) is 0 Å². The standard InChI is InChI=1S/C21H31N3O.HI/c1-3-8-17(13-14-25)15-23-21(22-4-2)24-16-19-11-7-10-18-9-5-6-12-20(18)19;/h5-7,9-12,17,25H,3-4,8,13-16H2,1-2H3,(H2,22,23,24);1H. The van der Waals surface area contributed by atoms with Gasteiger partial charge in [0.2, 0.25) is 0 Å². The number of hydrogen-bond donors (Lipinski definition) is 3. The lowest BCUT2D eigenvalue weighted by Crippen LogP contribution is -2.40. The zero-order valence-corrected chi connectivity index (χ0v) is 18.2. The van der Waals surface area contributed by atoms with Crippen LogP contribution in [0.4, 0.5) is 0 Å². The Hall–Kier alpha value is -1.34. The summed E-state index contributed by atoms with van der Waals surface area (Å²) < 4.78 is 0. The minimum atomic E-state index is 0. The number of nitrogens with one attached hydrogen (secondary N) is 2. The number of benzene rings is 2. The molecule has 4 nitrogen and oxygen atoms in total. The molecule has 3 N–H and O–H groups in total. The van der Waals surface area contributed by atoms with Gasteiger partial charge in [0.25, 0.3) is 0 Å². The number of aliphatic hydroxyl groups excluding tert-OH is 1. The summed E-state index contributed by atoms with van der Waals surface area (Å²) in [7, 11) is 0. The molecule has 0 radical (unpaired) electrons. The van der Waals surface area contributed by atoms with E-state index in [4.69, 9.17) is 4.99 Å². The third-order valence-electron chi connectivity index (χ3n) is 4.42. The van der Waals surface area contributed by atoms with Gasteiger partial charge >= 0.3 is 0 Å². The first-order chi connectivity index (χ1) is 12.3. The van der Waals surface area contributed by atoms with Crippen LogP contribution in [0, 0.1) is 5.92 Å². The molecule has 0 spiro atoms. The Labute approximate surface area is 174 Å². The quantitative estimate of drug-likeness (QED) is 0.292. The second-order valence-corrected chi connectivity index (χ2v) is 6.38. The number of guanidine groups is 1. The molecule has 0 bridgehead atoms. The number of nitrogens with zero attached hydrogens (tertiary/aromatic N) is 1. The van der Waals surface area contributed by atoms with Crippen molar-refractivity contribution in [2.24, 2.45) is 10.9 Å². The van der Waals surface area contributed by atoms with Gasteiger partial charge in [-0.1, -0.05) is 55.8 Å². The highest BCUT2D eigenvalue weighted by molar-refractivity contribution is 14.0. The molecule has 0 aliphatic carbocycles. The zero-order chi connectivity index (χ0) is 17.9. The number of fused-ring (bicyclic) bond motifs is 1. The zero-order valence-electron chi connectivity index (χ0n) is 15.9. The predicted octanol–water partition coefficient (Wildman–Crippen LogP) is 4.31. The maximum absolute atomic E-state index is 9.21. The molecule has 1 unspecified atom stereocenters. The summed E-state index contributed by atoms with van der Waals surface area (Å²) in [5.74, 6) is 1.32. The van der Waals surface area contributed by atoms with Gasteiger partial charge < -0.3 is 15.7 Å². The fourth-order valence-corrected chi connectivity index (χ4v) is 3.12. The van der Waals surface area contributed by atoms with Gasteiger partial charge in [-0.3, -0.25) is 0 Å². The molecule has 0 aromatic heterocycles. The Morgan fingerprint density at radius 2 is 1.81 bits per heavy atom. The number of rotatable bonds is 9. The van der Waals surface area contributed by atoms with Gasteiger partial charge in [0, 0.05) is 19.7 Å². The summed E-state index contributed by atoms with van der Waals surface area (Å²) in [4.78, 5) is 4.76. The highest BCUT2D eigenvalue weighted by Gasteiger charge is 2.08. The van der Waals surface area contributed by atoms with Gasteiger partial charge in [0.15, 0.2) is 5.96 Å². The van der Waals surface area contributed by atoms with Crippen molar-refractivity contribution in [1.82, 2.24) is 10.6 Å². The number of halogens is 1. The van der Waals surface area contributed by atoms with Crippen LogP contribution in [0.15, 0.2) is 47.5 Å². The van der Waals surface area contributed by atoms with Gasteiger partial charge in [-0.25, -0.2) is 4.99 Å². The molecule has 0 saturated heterocycles. The Balaban J connectivity index is 0.00000338. The molecule has 5 heteroatoms. The third-order valence-corrected chi connectivity index (χ3v) is 4.42. The van der Waals surface area contributed by atoms with Crippen LogP contribution in [0.25, 0.3) is 10.8 Å². The number of aliphatic imine (C=N–C) groups is 1. The van der Waals surface area contributed by atoms with Crippen molar-refractivity contribution >= 4 is 40.7 Å². The molecule has 0 fully saturated rings. The summed E-state index contributed by atoms with van der Waals surface area (Å²) in [6.45, 7) is 6.83. The van der Waals surface area contributed by atoms with Crippen LogP contribution in [0.2, 0.25) is 0 Å². The lowest BCUT2D eigenvalue weighted by molar-refractivity contribution is 0.251. The molecule has 0 heterocycles. The van der Waals surface area contributed by atoms with Crippen LogP contribution in [0.1, 0.15) is 38.7 Å². The van der Waals surface area contributed by atoms with Crippen LogP contribution < -0.4 is 10.6 Å². The first-order valence-electron chi connectivity index (χ1n) is 9.38. The van der Waals surface area contributed by atoms with Crippen LogP contribution in [-0.4, -0.2) is 30.8 Å². The first-order valence-corrected chi connectivity index (χ1v) is 9.38. The SMILES string of the molecule is CCCC(CCO)CNC(=NCc1cccc2ccccc12)NCC.I. The molecule has 0 aliphatic rings. The van der Waals surface area contributed by atoms with Crippen LogP contribution in [0.5, 0.6) is 0 Å². The van der Waals surface area contributed by atoms with Gasteiger partial charge in [-0.05, 0) is 42.0 Å². The molecule has 1 atom stereocenters. The Kier molecular flexibility index (Phi) is 11.3. The minimum absolute atomic E-state index is 0. The van der Waals surface area contributed by atoms with Crippen LogP contribution in [0.3, 0.4) is 0 Å². The van der Waals surface area contributed by atoms with E-state index in [1.165, 1.54) is 16.3 Å². The lowest BCUT2D eigenvalue weighted by Gasteiger charge is -2.18. The smallest absolute Gasteiger partial charge is 0.191 e. The Morgan fingerprint density at radius 1 is 1.04 bits per heavy atom. The molecule has 2 aromatic carbocycles. The van der Waals surface area contributed by atoms with Crippen molar-refractivity contribution in [3.05, 3.63) is 48.0 Å². The summed E-state index contributed by atoms with van der Waals surface area (Å²) in [5, 5.41) is 18.5. The van der Waals surface area contributed by atoms with E-state index in [1.54, 1.807) is 0 Å². The van der Waals surface area contributed by atoms with Crippen LogP contribution in [-0.2, 0) is 6.54 Å². The van der Waals surface area contributed by atoms with Gasteiger partial charge in [-0.15, -0.1) is 24.0 Å². The van der Waals surface area contributed by atoms with Crippen molar-refractivity contribution in [1.29, 1.82) is 0 Å². The van der Waals surface area contributed by atoms with E-state index in [9.17, 15) is 5.11 Å². The maximum Gasteiger partial charge on any atom is 0.191 e. The van der Waals surface area contributed by atoms with E-state index < -0.39 is 0 Å². The molecule has 144 valence electrons. The molecule has 0 saturated carbocycles. The van der Waals surface area contributed by atoms with Gasteiger partial charge in [0.05, 0.1) is 6.54 Å². The fourth-order valence-electron chi connectivity index (χ4n) is 3.12. The summed E-state index contributed by atoms with van der Waals surface area (Å²) in [6.07, 6.45) is 3.09.